The van der Waals surface area contributed by atoms with Crippen molar-refractivity contribution in [3.05, 3.63) is 59.7 Å². The molecule has 7 heteroatoms. The van der Waals surface area contributed by atoms with Crippen molar-refractivity contribution in [1.29, 1.82) is 0 Å². The molecule has 1 saturated heterocycles. The number of amides is 2. The third kappa shape index (κ3) is 4.39. The average Bonchev–Trinajstić information content (AvgIpc) is 3.36. The van der Waals surface area contributed by atoms with Gasteiger partial charge in [0, 0.05) is 24.9 Å². The minimum absolute atomic E-state index is 0.0249. The van der Waals surface area contributed by atoms with E-state index in [1.165, 1.54) is 4.90 Å². The van der Waals surface area contributed by atoms with Crippen LogP contribution >= 0.6 is 0 Å². The molecule has 1 aliphatic carbocycles. The Morgan fingerprint density at radius 2 is 1.68 bits per heavy atom. The van der Waals surface area contributed by atoms with E-state index < -0.39 is 23.6 Å². The fourth-order valence-corrected chi connectivity index (χ4v) is 5.13. The highest BCUT2D eigenvalue weighted by molar-refractivity contribution is 5.88. The molecule has 34 heavy (non-hydrogen) atoms. The van der Waals surface area contributed by atoms with Gasteiger partial charge in [-0.3, -0.25) is 4.79 Å². The maximum Gasteiger partial charge on any atom is 0.407 e. The Bertz CT molecular complexity index is 1050. The van der Waals surface area contributed by atoms with E-state index in [-0.39, 0.29) is 30.8 Å². The number of nitrogens with zero attached hydrogens (tertiary/aromatic N) is 1. The van der Waals surface area contributed by atoms with E-state index in [4.69, 9.17) is 4.74 Å². The van der Waals surface area contributed by atoms with Crippen LogP contribution in [0.25, 0.3) is 11.1 Å². The molecule has 0 aromatic heterocycles. The summed E-state index contributed by atoms with van der Waals surface area (Å²) in [7, 11) is 0. The van der Waals surface area contributed by atoms with Crippen molar-refractivity contribution in [3.8, 4) is 11.1 Å². The van der Waals surface area contributed by atoms with Crippen LogP contribution in [0.2, 0.25) is 0 Å². The van der Waals surface area contributed by atoms with Crippen molar-refractivity contribution in [2.75, 3.05) is 13.2 Å². The van der Waals surface area contributed by atoms with E-state index in [1.54, 1.807) is 6.92 Å². The van der Waals surface area contributed by atoms with Crippen LogP contribution in [0.5, 0.6) is 0 Å². The summed E-state index contributed by atoms with van der Waals surface area (Å²) in [6.07, 6.45) is 0.543. The van der Waals surface area contributed by atoms with Crippen molar-refractivity contribution in [1.82, 2.24) is 10.2 Å². The first kappa shape index (κ1) is 23.8. The van der Waals surface area contributed by atoms with Gasteiger partial charge in [0.05, 0.1) is 0 Å². The quantitative estimate of drug-likeness (QED) is 0.633. The highest BCUT2D eigenvalue weighted by atomic mass is 16.5. The standard InChI is InChI=1S/C27H32N2O5/c1-17(2)23(15-24(30)29-14-8-13-27(29,3)25(31)32)28-26(33)34-16-22-20-11-6-4-9-18(20)19-10-5-7-12-21(19)22/h4-7,9-12,17,22-23H,8,13-16H2,1-3H3,(H,28,33)(H,31,32). The summed E-state index contributed by atoms with van der Waals surface area (Å²) in [5, 5.41) is 12.5. The number of carbonyl (C=O) groups excluding carboxylic acids is 2. The molecule has 2 unspecified atom stereocenters. The molecule has 0 spiro atoms. The summed E-state index contributed by atoms with van der Waals surface area (Å²) in [5.41, 5.74) is 3.39. The molecule has 0 saturated carbocycles. The molecular formula is C27H32N2O5. The highest BCUT2D eigenvalue weighted by Gasteiger charge is 2.46. The number of carboxylic acid groups (broad SMARTS) is 1. The second-order valence-corrected chi connectivity index (χ2v) is 9.75. The maximum atomic E-state index is 13.0. The first-order chi connectivity index (χ1) is 16.2. The Morgan fingerprint density at radius 1 is 1.09 bits per heavy atom. The molecule has 7 nitrogen and oxygen atoms in total. The number of hydrogen-bond acceptors (Lipinski definition) is 4. The van der Waals surface area contributed by atoms with Gasteiger partial charge in [0.25, 0.3) is 0 Å². The topological polar surface area (TPSA) is 95.9 Å². The molecule has 1 fully saturated rings. The van der Waals surface area contributed by atoms with E-state index in [0.717, 1.165) is 22.3 Å². The predicted octanol–water partition coefficient (Wildman–Crippen LogP) is 4.41. The largest absolute Gasteiger partial charge is 0.480 e. The van der Waals surface area contributed by atoms with Crippen LogP contribution in [0.15, 0.2) is 48.5 Å². The minimum atomic E-state index is -1.19. The summed E-state index contributed by atoms with van der Waals surface area (Å²) in [6.45, 7) is 6.03. The van der Waals surface area contributed by atoms with Crippen molar-refractivity contribution in [2.24, 2.45) is 5.92 Å². The van der Waals surface area contributed by atoms with Gasteiger partial charge >= 0.3 is 12.1 Å². The van der Waals surface area contributed by atoms with Crippen molar-refractivity contribution < 1.29 is 24.2 Å². The summed E-state index contributed by atoms with van der Waals surface area (Å²) < 4.78 is 5.64. The third-order valence-corrected chi connectivity index (χ3v) is 7.25. The van der Waals surface area contributed by atoms with Gasteiger partial charge < -0.3 is 20.1 Å². The lowest BCUT2D eigenvalue weighted by molar-refractivity contribution is -0.155. The summed E-state index contributed by atoms with van der Waals surface area (Å²) in [4.78, 5) is 38.9. The molecule has 0 bridgehead atoms. The number of carbonyl (C=O) groups is 3. The lowest BCUT2D eigenvalue weighted by Crippen LogP contribution is -2.52. The Hall–Kier alpha value is -3.35. The van der Waals surface area contributed by atoms with Gasteiger partial charge in [-0.1, -0.05) is 62.4 Å². The van der Waals surface area contributed by atoms with Gasteiger partial charge in [0.2, 0.25) is 5.91 Å². The van der Waals surface area contributed by atoms with Gasteiger partial charge in [-0.15, -0.1) is 0 Å². The lowest BCUT2D eigenvalue weighted by Gasteiger charge is -2.33. The molecule has 180 valence electrons. The lowest BCUT2D eigenvalue weighted by atomic mass is 9.96. The van der Waals surface area contributed by atoms with Gasteiger partial charge in [-0.05, 0) is 47.9 Å². The predicted molar refractivity (Wildman–Crippen MR) is 128 cm³/mol. The fourth-order valence-electron chi connectivity index (χ4n) is 5.13. The summed E-state index contributed by atoms with van der Waals surface area (Å²) >= 11 is 0. The smallest absolute Gasteiger partial charge is 0.407 e. The van der Waals surface area contributed by atoms with Crippen molar-refractivity contribution in [3.63, 3.8) is 0 Å². The minimum Gasteiger partial charge on any atom is -0.480 e. The molecule has 2 N–H and O–H groups in total. The van der Waals surface area contributed by atoms with Crippen LogP contribution in [-0.2, 0) is 14.3 Å². The summed E-state index contributed by atoms with van der Waals surface area (Å²) in [5.74, 6) is -1.33. The number of likely N-dealkylation sites (tertiary alicyclic amines) is 1. The third-order valence-electron chi connectivity index (χ3n) is 7.25. The molecule has 2 amide bonds. The first-order valence-corrected chi connectivity index (χ1v) is 11.9. The fraction of sp³-hybridized carbons (Fsp3) is 0.444. The Morgan fingerprint density at radius 3 is 2.24 bits per heavy atom. The van der Waals surface area contributed by atoms with E-state index in [0.29, 0.717) is 19.4 Å². The molecular weight excluding hydrogens is 432 g/mol. The molecule has 2 aromatic rings. The van der Waals surface area contributed by atoms with Crippen molar-refractivity contribution in [2.45, 2.75) is 57.5 Å². The van der Waals surface area contributed by atoms with Crippen LogP contribution in [0.1, 0.15) is 57.1 Å². The summed E-state index contributed by atoms with van der Waals surface area (Å²) in [6, 6.07) is 15.8. The van der Waals surface area contributed by atoms with Crippen LogP contribution in [-0.4, -0.2) is 52.7 Å². The van der Waals surface area contributed by atoms with Gasteiger partial charge in [0.15, 0.2) is 0 Å². The molecule has 2 aromatic carbocycles. The molecule has 4 rings (SSSR count). The number of hydrogen-bond donors (Lipinski definition) is 2. The van der Waals surface area contributed by atoms with Crippen LogP contribution in [0.4, 0.5) is 4.79 Å². The van der Waals surface area contributed by atoms with Gasteiger partial charge in [-0.25, -0.2) is 9.59 Å². The Balaban J connectivity index is 1.40. The molecule has 2 atom stereocenters. The average molecular weight is 465 g/mol. The highest BCUT2D eigenvalue weighted by Crippen LogP contribution is 2.44. The normalized spacial score (nSPS) is 20.1. The second-order valence-electron chi connectivity index (χ2n) is 9.75. The number of fused-ring (bicyclic) bond motifs is 3. The molecule has 0 radical (unpaired) electrons. The van der Waals surface area contributed by atoms with E-state index >= 15 is 0 Å². The zero-order valence-electron chi connectivity index (χ0n) is 19.9. The number of aliphatic carboxylic acids is 1. The first-order valence-electron chi connectivity index (χ1n) is 11.9. The van der Waals surface area contributed by atoms with Gasteiger partial charge in [-0.2, -0.15) is 0 Å². The number of nitrogens with one attached hydrogen (secondary N) is 1. The van der Waals surface area contributed by atoms with E-state index in [2.05, 4.69) is 29.6 Å². The monoisotopic (exact) mass is 464 g/mol. The van der Waals surface area contributed by atoms with Crippen LogP contribution < -0.4 is 5.32 Å². The number of ether oxygens (including phenoxy) is 1. The van der Waals surface area contributed by atoms with Crippen LogP contribution in [0, 0.1) is 5.92 Å². The molecule has 1 heterocycles. The Labute approximate surface area is 200 Å². The van der Waals surface area contributed by atoms with Crippen molar-refractivity contribution >= 4 is 18.0 Å². The van der Waals surface area contributed by atoms with E-state index in [9.17, 15) is 19.5 Å². The number of benzene rings is 2. The number of alkyl carbamates (subject to hydrolysis) is 1. The zero-order valence-corrected chi connectivity index (χ0v) is 19.9. The van der Waals surface area contributed by atoms with Gasteiger partial charge in [0.1, 0.15) is 12.1 Å². The maximum absolute atomic E-state index is 13.0. The molecule has 2 aliphatic rings. The number of rotatable bonds is 7. The van der Waals surface area contributed by atoms with Crippen LogP contribution in [0.3, 0.4) is 0 Å². The SMILES string of the molecule is CC(C)C(CC(=O)N1CCCC1(C)C(=O)O)NC(=O)OCC1c2ccccc2-c2ccccc21. The van der Waals surface area contributed by atoms with E-state index in [1.807, 2.05) is 38.1 Å². The number of carboxylic acids is 1. The second kappa shape index (κ2) is 9.49. The Kier molecular flexibility index (Phi) is 6.64. The molecule has 1 aliphatic heterocycles. The zero-order chi connectivity index (χ0) is 24.5.